The Morgan fingerprint density at radius 3 is 3.07 bits per heavy atom. The molecule has 0 saturated carbocycles. The summed E-state index contributed by atoms with van der Waals surface area (Å²) in [6.45, 7) is 0.568. The number of nitrogens with zero attached hydrogens (tertiary/aromatic N) is 1. The molecule has 0 spiro atoms. The Hall–Kier alpha value is -1.65. The molecule has 1 aromatic rings. The van der Waals surface area contributed by atoms with Crippen LogP contribution in [0.3, 0.4) is 0 Å². The summed E-state index contributed by atoms with van der Waals surface area (Å²) in [5.74, 6) is -1.34. The van der Waals surface area contributed by atoms with E-state index in [-0.39, 0.29) is 18.4 Å². The van der Waals surface area contributed by atoms with Crippen LogP contribution in [0.4, 0.5) is 8.78 Å². The van der Waals surface area contributed by atoms with Gasteiger partial charge in [-0.15, -0.1) is 0 Å². The van der Waals surface area contributed by atoms with E-state index in [1.54, 1.807) is 0 Å². The lowest BCUT2D eigenvalue weighted by Crippen LogP contribution is -2.17. The van der Waals surface area contributed by atoms with E-state index in [0.717, 1.165) is 12.1 Å². The molecule has 0 saturated heterocycles. The van der Waals surface area contributed by atoms with Crippen molar-refractivity contribution in [3.05, 3.63) is 29.8 Å². The quantitative estimate of drug-likeness (QED) is 0.762. The second kappa shape index (κ2) is 4.25. The third-order valence-electron chi connectivity index (χ3n) is 1.90. The van der Waals surface area contributed by atoms with Gasteiger partial charge in [0.1, 0.15) is 25.1 Å². The van der Waals surface area contributed by atoms with Crippen LogP contribution in [0.5, 0.6) is 5.75 Å². The maximum Gasteiger partial charge on any atom is 0.273 e. The fraction of sp³-hybridized carbons (Fsp3) is 0.300. The fourth-order valence-corrected chi connectivity index (χ4v) is 1.15. The van der Waals surface area contributed by atoms with Crippen molar-refractivity contribution < 1.29 is 18.3 Å². The van der Waals surface area contributed by atoms with Gasteiger partial charge in [0.25, 0.3) is 6.40 Å². The standard InChI is InChI=1S/C10H8F2NO2/c11-7-1-2-10(9(12)3-7)15-5-8-4-14-6-13-8/h1-3,8H,4-5H2. The predicted molar refractivity (Wildman–Crippen MR) is 49.0 cm³/mol. The molecule has 2 rings (SSSR count). The van der Waals surface area contributed by atoms with Crippen molar-refractivity contribution >= 4 is 6.40 Å². The van der Waals surface area contributed by atoms with Crippen LogP contribution in [0, 0.1) is 11.6 Å². The fourth-order valence-electron chi connectivity index (χ4n) is 1.15. The molecule has 0 aromatic heterocycles. The summed E-state index contributed by atoms with van der Waals surface area (Å²) >= 11 is 0. The lowest BCUT2D eigenvalue weighted by atomic mass is 10.3. The molecule has 0 bridgehead atoms. The van der Waals surface area contributed by atoms with Gasteiger partial charge in [0.05, 0.1) is 0 Å². The van der Waals surface area contributed by atoms with Crippen LogP contribution in [0.2, 0.25) is 0 Å². The minimum Gasteiger partial charge on any atom is -0.488 e. The van der Waals surface area contributed by atoms with E-state index in [1.165, 1.54) is 6.07 Å². The highest BCUT2D eigenvalue weighted by molar-refractivity contribution is 5.48. The average Bonchev–Trinajstić information content (AvgIpc) is 2.69. The van der Waals surface area contributed by atoms with Crippen LogP contribution >= 0.6 is 0 Å². The van der Waals surface area contributed by atoms with E-state index in [4.69, 9.17) is 9.47 Å². The van der Waals surface area contributed by atoms with Crippen molar-refractivity contribution in [1.29, 1.82) is 0 Å². The molecule has 0 fully saturated rings. The van der Waals surface area contributed by atoms with Gasteiger partial charge in [0, 0.05) is 6.07 Å². The summed E-state index contributed by atoms with van der Waals surface area (Å²) in [5, 5.41) is 0. The maximum atomic E-state index is 13.1. The molecule has 3 nitrogen and oxygen atoms in total. The summed E-state index contributed by atoms with van der Waals surface area (Å²) < 4.78 is 35.5. The molecule has 1 aliphatic heterocycles. The van der Waals surface area contributed by atoms with E-state index in [2.05, 4.69) is 11.4 Å². The number of aliphatic imine (C=N–C) groups is 1. The van der Waals surface area contributed by atoms with E-state index < -0.39 is 11.6 Å². The summed E-state index contributed by atoms with van der Waals surface area (Å²) in [7, 11) is 0. The molecule has 79 valence electrons. The number of hydrogen-bond acceptors (Lipinski definition) is 3. The van der Waals surface area contributed by atoms with E-state index in [1.807, 2.05) is 0 Å². The van der Waals surface area contributed by atoms with Crippen molar-refractivity contribution in [3.8, 4) is 5.75 Å². The topological polar surface area (TPSA) is 30.8 Å². The molecule has 1 aromatic carbocycles. The second-order valence-corrected chi connectivity index (χ2v) is 3.07. The number of halogens is 2. The van der Waals surface area contributed by atoms with Gasteiger partial charge >= 0.3 is 0 Å². The first-order chi connectivity index (χ1) is 7.25. The molecule has 1 radical (unpaired) electrons. The smallest absolute Gasteiger partial charge is 0.273 e. The number of benzene rings is 1. The van der Waals surface area contributed by atoms with Crippen molar-refractivity contribution in [1.82, 2.24) is 0 Å². The molecular formula is C10H8F2NO2. The SMILES string of the molecule is Fc1ccc(OCC2CO[C]=N2)c(F)c1. The zero-order valence-electron chi connectivity index (χ0n) is 7.74. The largest absolute Gasteiger partial charge is 0.488 e. The first-order valence-electron chi connectivity index (χ1n) is 4.40. The average molecular weight is 212 g/mol. The number of rotatable bonds is 3. The van der Waals surface area contributed by atoms with Gasteiger partial charge in [-0.1, -0.05) is 0 Å². The van der Waals surface area contributed by atoms with E-state index in [9.17, 15) is 8.78 Å². The lowest BCUT2D eigenvalue weighted by Gasteiger charge is -2.09. The van der Waals surface area contributed by atoms with Crippen LogP contribution in [0.1, 0.15) is 0 Å². The van der Waals surface area contributed by atoms with Gasteiger partial charge in [-0.3, -0.25) is 0 Å². The van der Waals surface area contributed by atoms with Gasteiger partial charge in [-0.05, 0) is 12.1 Å². The molecule has 5 heteroatoms. The van der Waals surface area contributed by atoms with Gasteiger partial charge in [0.2, 0.25) is 0 Å². The molecule has 0 aliphatic carbocycles. The maximum absolute atomic E-state index is 13.1. The monoisotopic (exact) mass is 212 g/mol. The summed E-state index contributed by atoms with van der Waals surface area (Å²) in [6.07, 6.45) is 2.32. The van der Waals surface area contributed by atoms with Gasteiger partial charge in [0.15, 0.2) is 11.6 Å². The van der Waals surface area contributed by atoms with Gasteiger partial charge in [-0.2, -0.15) is 0 Å². The minimum absolute atomic E-state index is 0.0125. The molecule has 1 aliphatic rings. The van der Waals surface area contributed by atoms with Crippen LogP contribution in [-0.4, -0.2) is 25.7 Å². The molecule has 0 amide bonds. The highest BCUT2D eigenvalue weighted by Crippen LogP contribution is 2.18. The zero-order chi connectivity index (χ0) is 10.7. The molecule has 1 atom stereocenters. The highest BCUT2D eigenvalue weighted by Gasteiger charge is 2.14. The molecular weight excluding hydrogens is 204 g/mol. The van der Waals surface area contributed by atoms with Crippen molar-refractivity contribution in [3.63, 3.8) is 0 Å². The van der Waals surface area contributed by atoms with Crippen LogP contribution in [0.15, 0.2) is 23.2 Å². The summed E-state index contributed by atoms with van der Waals surface area (Å²) in [4.78, 5) is 3.80. The second-order valence-electron chi connectivity index (χ2n) is 3.07. The van der Waals surface area contributed by atoms with Gasteiger partial charge < -0.3 is 9.47 Å². The molecule has 1 unspecified atom stereocenters. The molecule has 15 heavy (non-hydrogen) atoms. The summed E-state index contributed by atoms with van der Waals surface area (Å²) in [6, 6.07) is 2.98. The molecule has 1 heterocycles. The van der Waals surface area contributed by atoms with E-state index in [0.29, 0.717) is 6.61 Å². The van der Waals surface area contributed by atoms with Crippen molar-refractivity contribution in [2.75, 3.05) is 13.2 Å². The van der Waals surface area contributed by atoms with Crippen molar-refractivity contribution in [2.45, 2.75) is 6.04 Å². The van der Waals surface area contributed by atoms with E-state index >= 15 is 0 Å². The summed E-state index contributed by atoms with van der Waals surface area (Å²) in [5.41, 5.74) is 0. The van der Waals surface area contributed by atoms with Crippen LogP contribution in [-0.2, 0) is 4.74 Å². The van der Waals surface area contributed by atoms with Crippen LogP contribution < -0.4 is 4.74 Å². The Labute approximate surface area is 85.3 Å². The predicted octanol–water partition coefficient (Wildman–Crippen LogP) is 1.65. The number of hydrogen-bond donors (Lipinski definition) is 0. The van der Waals surface area contributed by atoms with Crippen LogP contribution in [0.25, 0.3) is 0 Å². The molecule has 0 N–H and O–H groups in total. The Bertz CT molecular complexity index is 382. The Balaban J connectivity index is 1.95. The first kappa shape index (κ1) is 9.89. The lowest BCUT2D eigenvalue weighted by molar-refractivity contribution is 0.238. The normalized spacial score (nSPS) is 18.9. The third-order valence-corrected chi connectivity index (χ3v) is 1.90. The first-order valence-corrected chi connectivity index (χ1v) is 4.40. The third kappa shape index (κ3) is 2.43. The number of ether oxygens (including phenoxy) is 2. The Morgan fingerprint density at radius 2 is 2.40 bits per heavy atom. The van der Waals surface area contributed by atoms with Gasteiger partial charge in [-0.25, -0.2) is 13.8 Å². The Kier molecular flexibility index (Phi) is 2.80. The van der Waals surface area contributed by atoms with Crippen molar-refractivity contribution in [2.24, 2.45) is 4.99 Å². The highest BCUT2D eigenvalue weighted by atomic mass is 19.1. The Morgan fingerprint density at radius 1 is 1.53 bits per heavy atom. The zero-order valence-corrected chi connectivity index (χ0v) is 7.74. The minimum atomic E-state index is -0.720.